The van der Waals surface area contributed by atoms with Crippen LogP contribution >= 0.6 is 0 Å². The van der Waals surface area contributed by atoms with E-state index in [0.717, 1.165) is 38.5 Å². The Kier molecular flexibility index (Phi) is 41.3. The van der Waals surface area contributed by atoms with Crippen molar-refractivity contribution in [2.45, 2.75) is 194 Å². The van der Waals surface area contributed by atoms with Gasteiger partial charge in [0.25, 0.3) is 0 Å². The number of carbonyl (C=O) groups is 2. The van der Waals surface area contributed by atoms with Crippen LogP contribution in [-0.4, -0.2) is 11.9 Å². The molecule has 0 fully saturated rings. The summed E-state index contributed by atoms with van der Waals surface area (Å²) in [5.74, 6) is -0.684. The molecular weight excluding hydrogens is 508 g/mol. The lowest BCUT2D eigenvalue weighted by Crippen LogP contribution is -2.11. The van der Waals surface area contributed by atoms with Crippen molar-refractivity contribution in [1.82, 2.24) is 12.3 Å². The molecule has 5 heteroatoms. The third-order valence-electron chi connectivity index (χ3n) is 7.51. The van der Waals surface area contributed by atoms with Gasteiger partial charge in [-0.1, -0.05) is 141 Å². The van der Waals surface area contributed by atoms with Crippen molar-refractivity contribution in [1.29, 1.82) is 0 Å². The molecule has 0 aliphatic rings. The number of carbonyl (C=O) groups excluding carboxylic acids is 2. The third-order valence-corrected chi connectivity index (χ3v) is 7.51. The Balaban J connectivity index is -0.00000722. The highest BCUT2D eigenvalue weighted by Crippen LogP contribution is 2.12. The number of hydrogen-bond acceptors (Lipinski definition) is 5. The molecule has 6 N–H and O–H groups in total. The first-order chi connectivity index (χ1) is 19.2. The number of unbranched alkanes of at least 4 members (excludes halogenated alkanes) is 22. The van der Waals surface area contributed by atoms with Crippen LogP contribution in [0.1, 0.15) is 194 Å². The predicted molar refractivity (Wildman–Crippen MR) is 180 cm³/mol. The molecule has 0 saturated carbocycles. The Morgan fingerprint density at radius 2 is 0.634 bits per heavy atom. The maximum absolute atomic E-state index is 11.9. The lowest BCUT2D eigenvalue weighted by Gasteiger charge is -2.04. The van der Waals surface area contributed by atoms with Gasteiger partial charge in [-0.05, 0) is 64.2 Å². The Hall–Kier alpha value is -1.46. The molecule has 5 nitrogen and oxygen atoms in total. The van der Waals surface area contributed by atoms with Crippen LogP contribution in [0.4, 0.5) is 0 Å². The van der Waals surface area contributed by atoms with E-state index >= 15 is 0 Å². The lowest BCUT2D eigenvalue weighted by atomic mass is 10.1. The molecule has 0 heterocycles. The number of rotatable bonds is 30. The van der Waals surface area contributed by atoms with Crippen LogP contribution in [0.5, 0.6) is 0 Å². The molecule has 0 amide bonds. The van der Waals surface area contributed by atoms with Crippen LogP contribution in [0, 0.1) is 0 Å². The second-order valence-electron chi connectivity index (χ2n) is 11.5. The van der Waals surface area contributed by atoms with Crippen molar-refractivity contribution in [2.24, 2.45) is 0 Å². The molecule has 0 aliphatic heterocycles. The van der Waals surface area contributed by atoms with Gasteiger partial charge in [-0.3, -0.25) is 9.59 Å². The summed E-state index contributed by atoms with van der Waals surface area (Å²) in [7, 11) is 0. The second-order valence-corrected chi connectivity index (χ2v) is 11.5. The number of ether oxygens (including phenoxy) is 1. The standard InChI is InChI=1S/C36H66O3.2H3N/c1-3-5-7-9-11-13-15-17-19-21-23-25-27-29-31-33-35(37)39-36(38)34-32-30-28-26-24-22-20-18-16-14-12-10-8-6-4-2;;/h17-20H,3-16,21-34H2,1-2H3;2*1H3/b19-17-,20-18-;;. The molecule has 0 rings (SSSR count). The summed E-state index contributed by atoms with van der Waals surface area (Å²) in [5, 5.41) is 0. The zero-order chi connectivity index (χ0) is 28.5. The van der Waals surface area contributed by atoms with Crippen molar-refractivity contribution in [3.63, 3.8) is 0 Å². The van der Waals surface area contributed by atoms with Gasteiger partial charge >= 0.3 is 11.9 Å². The Morgan fingerprint density at radius 1 is 0.390 bits per heavy atom. The third kappa shape index (κ3) is 38.5. The zero-order valence-electron chi connectivity index (χ0n) is 27.7. The first kappa shape index (κ1) is 44.0. The molecule has 0 spiro atoms. The predicted octanol–water partition coefficient (Wildman–Crippen LogP) is 12.5. The fourth-order valence-corrected chi connectivity index (χ4v) is 4.91. The monoisotopic (exact) mass is 581 g/mol. The van der Waals surface area contributed by atoms with Crippen molar-refractivity contribution in [3.05, 3.63) is 24.3 Å². The van der Waals surface area contributed by atoms with Crippen molar-refractivity contribution >= 4 is 11.9 Å². The second kappa shape index (κ2) is 38.5. The molecule has 0 unspecified atom stereocenters. The van der Waals surface area contributed by atoms with Gasteiger partial charge in [0.05, 0.1) is 0 Å². The lowest BCUT2D eigenvalue weighted by molar-refractivity contribution is -0.159. The van der Waals surface area contributed by atoms with Gasteiger partial charge in [0.2, 0.25) is 0 Å². The Morgan fingerprint density at radius 3 is 0.927 bits per heavy atom. The normalized spacial score (nSPS) is 11.1. The van der Waals surface area contributed by atoms with Crippen LogP contribution in [0.25, 0.3) is 0 Å². The van der Waals surface area contributed by atoms with Gasteiger partial charge in [-0.15, -0.1) is 0 Å². The molecule has 0 aromatic carbocycles. The molecule has 0 atom stereocenters. The van der Waals surface area contributed by atoms with E-state index in [0.29, 0.717) is 12.8 Å². The summed E-state index contributed by atoms with van der Waals surface area (Å²) < 4.78 is 4.99. The van der Waals surface area contributed by atoms with E-state index in [4.69, 9.17) is 4.74 Å². The molecule has 0 radical (unpaired) electrons. The summed E-state index contributed by atoms with van der Waals surface area (Å²) in [6.07, 6.45) is 42.2. The molecule has 244 valence electrons. The van der Waals surface area contributed by atoms with Crippen molar-refractivity contribution in [3.8, 4) is 0 Å². The first-order valence-electron chi connectivity index (χ1n) is 17.2. The average Bonchev–Trinajstić information content (AvgIpc) is 2.93. The molecule has 0 aromatic heterocycles. The summed E-state index contributed by atoms with van der Waals surface area (Å²) in [6.45, 7) is 4.53. The van der Waals surface area contributed by atoms with Crippen LogP contribution in [0.15, 0.2) is 24.3 Å². The minimum absolute atomic E-state index is 0. The van der Waals surface area contributed by atoms with Crippen molar-refractivity contribution in [2.75, 3.05) is 0 Å². The quantitative estimate of drug-likeness (QED) is 0.0379. The fourth-order valence-electron chi connectivity index (χ4n) is 4.91. The van der Waals surface area contributed by atoms with Crippen LogP contribution < -0.4 is 12.3 Å². The molecular formula is C36H72N2O3. The highest BCUT2D eigenvalue weighted by molar-refractivity contribution is 5.85. The topological polar surface area (TPSA) is 113 Å². The largest absolute Gasteiger partial charge is 0.393 e. The summed E-state index contributed by atoms with van der Waals surface area (Å²) >= 11 is 0. The summed E-state index contributed by atoms with van der Waals surface area (Å²) in [6, 6.07) is 0. The van der Waals surface area contributed by atoms with Crippen LogP contribution in [0.3, 0.4) is 0 Å². The Labute approximate surface area is 256 Å². The maximum atomic E-state index is 11.9. The molecule has 0 aromatic rings. The minimum atomic E-state index is -0.342. The van der Waals surface area contributed by atoms with E-state index < -0.39 is 0 Å². The van der Waals surface area contributed by atoms with Gasteiger partial charge in [0, 0.05) is 12.8 Å². The summed E-state index contributed by atoms with van der Waals surface area (Å²) in [4.78, 5) is 23.8. The average molecular weight is 581 g/mol. The smallest absolute Gasteiger partial charge is 0.313 e. The number of esters is 2. The molecule has 0 bridgehead atoms. The number of hydrogen-bond donors (Lipinski definition) is 2. The highest BCUT2D eigenvalue weighted by atomic mass is 16.6. The van der Waals surface area contributed by atoms with E-state index in [1.165, 1.54) is 128 Å². The highest BCUT2D eigenvalue weighted by Gasteiger charge is 2.09. The summed E-state index contributed by atoms with van der Waals surface area (Å²) in [5.41, 5.74) is 0. The van der Waals surface area contributed by atoms with Crippen LogP contribution in [-0.2, 0) is 14.3 Å². The Bertz CT molecular complexity index is 539. The maximum Gasteiger partial charge on any atom is 0.313 e. The van der Waals surface area contributed by atoms with E-state index in [1.54, 1.807) is 0 Å². The zero-order valence-corrected chi connectivity index (χ0v) is 27.7. The van der Waals surface area contributed by atoms with Crippen molar-refractivity contribution < 1.29 is 14.3 Å². The van der Waals surface area contributed by atoms with Gasteiger partial charge in [-0.2, -0.15) is 0 Å². The molecule has 41 heavy (non-hydrogen) atoms. The van der Waals surface area contributed by atoms with Crippen LogP contribution in [0.2, 0.25) is 0 Å². The number of allylic oxidation sites excluding steroid dienone is 4. The molecule has 0 aliphatic carbocycles. The van der Waals surface area contributed by atoms with Gasteiger partial charge < -0.3 is 17.0 Å². The van der Waals surface area contributed by atoms with Gasteiger partial charge in [0.1, 0.15) is 0 Å². The first-order valence-corrected chi connectivity index (χ1v) is 17.2. The fraction of sp³-hybridized carbons (Fsp3) is 0.833. The molecule has 0 saturated heterocycles. The van der Waals surface area contributed by atoms with Gasteiger partial charge in [0.15, 0.2) is 0 Å². The van der Waals surface area contributed by atoms with E-state index in [1.807, 2.05) is 0 Å². The SMILES string of the molecule is CCCCCCCC/C=C\CCCCCCCC(=O)OC(=O)CCCCCCC/C=C\CCCCCCCC.N.N. The van der Waals surface area contributed by atoms with E-state index in [9.17, 15) is 9.59 Å². The van der Waals surface area contributed by atoms with Gasteiger partial charge in [-0.25, -0.2) is 0 Å². The van der Waals surface area contributed by atoms with E-state index in [-0.39, 0.29) is 24.2 Å². The van der Waals surface area contributed by atoms with E-state index in [2.05, 4.69) is 38.2 Å². The minimum Gasteiger partial charge on any atom is -0.393 e.